The summed E-state index contributed by atoms with van der Waals surface area (Å²) >= 11 is 0. The average molecular weight is 225 g/mol. The van der Waals surface area contributed by atoms with Crippen molar-refractivity contribution in [1.29, 1.82) is 0 Å². The summed E-state index contributed by atoms with van der Waals surface area (Å²) in [5.41, 5.74) is 0. The molecule has 1 aromatic heterocycles. The molecule has 0 aliphatic carbocycles. The van der Waals surface area contributed by atoms with Crippen LogP contribution >= 0.6 is 0 Å². The van der Waals surface area contributed by atoms with Crippen molar-refractivity contribution in [3.05, 3.63) is 5.82 Å². The standard InChI is InChI=1S/C9H15N5O2/c1-14-12-9(11-13-14)5-7(15)4-8-6-10-2-3-16-8/h8,10H,2-6H2,1H3. The molecule has 0 bridgehead atoms. The maximum Gasteiger partial charge on any atom is 0.182 e. The first-order valence-corrected chi connectivity index (χ1v) is 5.31. The summed E-state index contributed by atoms with van der Waals surface area (Å²) < 4.78 is 5.45. The Hall–Kier alpha value is -1.34. The van der Waals surface area contributed by atoms with Gasteiger partial charge in [0.25, 0.3) is 0 Å². The molecule has 0 saturated carbocycles. The summed E-state index contributed by atoms with van der Waals surface area (Å²) in [4.78, 5) is 13.0. The molecule has 1 N–H and O–H groups in total. The zero-order valence-corrected chi connectivity index (χ0v) is 9.22. The number of ether oxygens (including phenoxy) is 1. The van der Waals surface area contributed by atoms with Crippen molar-refractivity contribution < 1.29 is 9.53 Å². The molecule has 1 unspecified atom stereocenters. The van der Waals surface area contributed by atoms with Crippen molar-refractivity contribution in [1.82, 2.24) is 25.5 Å². The van der Waals surface area contributed by atoms with E-state index in [-0.39, 0.29) is 18.3 Å². The van der Waals surface area contributed by atoms with Crippen LogP contribution in [0.25, 0.3) is 0 Å². The van der Waals surface area contributed by atoms with Crippen LogP contribution in [-0.4, -0.2) is 51.8 Å². The molecule has 1 aliphatic heterocycles. The van der Waals surface area contributed by atoms with Gasteiger partial charge in [0.1, 0.15) is 5.78 Å². The summed E-state index contributed by atoms with van der Waals surface area (Å²) in [6.45, 7) is 2.26. The molecule has 16 heavy (non-hydrogen) atoms. The number of rotatable bonds is 4. The van der Waals surface area contributed by atoms with Crippen LogP contribution < -0.4 is 5.32 Å². The van der Waals surface area contributed by atoms with Gasteiger partial charge in [0, 0.05) is 19.5 Å². The monoisotopic (exact) mass is 225 g/mol. The number of nitrogens with one attached hydrogen (secondary N) is 1. The van der Waals surface area contributed by atoms with E-state index in [4.69, 9.17) is 4.74 Å². The van der Waals surface area contributed by atoms with Crippen molar-refractivity contribution in [2.45, 2.75) is 18.9 Å². The number of carbonyl (C=O) groups excluding carboxylic acids is 1. The fourth-order valence-corrected chi connectivity index (χ4v) is 1.65. The Bertz CT molecular complexity index is 359. The minimum absolute atomic E-state index is 0.0158. The number of morpholine rings is 1. The Labute approximate surface area is 93.2 Å². The summed E-state index contributed by atoms with van der Waals surface area (Å²) in [5.74, 6) is 0.554. The number of hydrogen-bond donors (Lipinski definition) is 1. The van der Waals surface area contributed by atoms with Gasteiger partial charge >= 0.3 is 0 Å². The minimum Gasteiger partial charge on any atom is -0.375 e. The second-order valence-corrected chi connectivity index (χ2v) is 3.81. The normalized spacial score (nSPS) is 20.9. The lowest BCUT2D eigenvalue weighted by molar-refractivity contribution is -0.121. The number of hydrogen-bond acceptors (Lipinski definition) is 6. The zero-order valence-electron chi connectivity index (χ0n) is 9.22. The predicted octanol–water partition coefficient (Wildman–Crippen LogP) is -1.30. The Morgan fingerprint density at radius 3 is 3.19 bits per heavy atom. The highest BCUT2D eigenvalue weighted by atomic mass is 16.5. The predicted molar refractivity (Wildman–Crippen MR) is 54.7 cm³/mol. The molecule has 1 saturated heterocycles. The van der Waals surface area contributed by atoms with Crippen molar-refractivity contribution in [3.63, 3.8) is 0 Å². The van der Waals surface area contributed by atoms with E-state index in [1.54, 1.807) is 7.05 Å². The van der Waals surface area contributed by atoms with Crippen LogP contribution in [0.3, 0.4) is 0 Å². The Morgan fingerprint density at radius 2 is 2.56 bits per heavy atom. The largest absolute Gasteiger partial charge is 0.375 e. The smallest absolute Gasteiger partial charge is 0.182 e. The maximum atomic E-state index is 11.7. The number of nitrogens with zero attached hydrogens (tertiary/aromatic N) is 4. The lowest BCUT2D eigenvalue weighted by Gasteiger charge is -2.22. The molecule has 0 spiro atoms. The zero-order chi connectivity index (χ0) is 11.4. The van der Waals surface area contributed by atoms with Gasteiger partial charge in [-0.3, -0.25) is 4.79 Å². The fourth-order valence-electron chi connectivity index (χ4n) is 1.65. The van der Waals surface area contributed by atoms with Gasteiger partial charge in [0.15, 0.2) is 5.82 Å². The molecule has 1 aromatic rings. The van der Waals surface area contributed by atoms with Crippen molar-refractivity contribution in [2.24, 2.45) is 7.05 Å². The highest BCUT2D eigenvalue weighted by Crippen LogP contribution is 2.04. The van der Waals surface area contributed by atoms with Crippen LogP contribution in [0.5, 0.6) is 0 Å². The van der Waals surface area contributed by atoms with E-state index in [9.17, 15) is 4.79 Å². The Morgan fingerprint density at radius 1 is 1.69 bits per heavy atom. The molecule has 1 aliphatic rings. The highest BCUT2D eigenvalue weighted by Gasteiger charge is 2.18. The third kappa shape index (κ3) is 3.07. The maximum absolute atomic E-state index is 11.7. The van der Waals surface area contributed by atoms with Crippen molar-refractivity contribution in [2.75, 3.05) is 19.7 Å². The van der Waals surface area contributed by atoms with Crippen LogP contribution in [0.2, 0.25) is 0 Å². The Balaban J connectivity index is 1.79. The van der Waals surface area contributed by atoms with E-state index in [2.05, 4.69) is 20.7 Å². The molecule has 7 heteroatoms. The van der Waals surface area contributed by atoms with Gasteiger partial charge in [-0.2, -0.15) is 4.80 Å². The number of carbonyl (C=O) groups is 1. The molecule has 2 heterocycles. The van der Waals surface area contributed by atoms with E-state index < -0.39 is 0 Å². The van der Waals surface area contributed by atoms with Gasteiger partial charge < -0.3 is 10.1 Å². The first-order chi connectivity index (χ1) is 7.74. The van der Waals surface area contributed by atoms with E-state index in [0.717, 1.165) is 13.1 Å². The second-order valence-electron chi connectivity index (χ2n) is 3.81. The molecule has 0 amide bonds. The van der Waals surface area contributed by atoms with Crippen LogP contribution in [-0.2, 0) is 23.0 Å². The van der Waals surface area contributed by atoms with Gasteiger partial charge in [-0.25, -0.2) is 0 Å². The summed E-state index contributed by atoms with van der Waals surface area (Å²) in [7, 11) is 1.68. The SMILES string of the molecule is Cn1nnc(CC(=O)CC2CNCCO2)n1. The number of aromatic nitrogens is 4. The average Bonchev–Trinajstić information content (AvgIpc) is 2.65. The van der Waals surface area contributed by atoms with Crippen LogP contribution in [0.15, 0.2) is 0 Å². The van der Waals surface area contributed by atoms with Crippen LogP contribution in [0, 0.1) is 0 Å². The molecular formula is C9H15N5O2. The molecule has 88 valence electrons. The molecule has 1 atom stereocenters. The molecule has 1 fully saturated rings. The molecule has 0 radical (unpaired) electrons. The second kappa shape index (κ2) is 5.13. The fraction of sp³-hybridized carbons (Fsp3) is 0.778. The summed E-state index contributed by atoms with van der Waals surface area (Å²) in [5, 5.41) is 14.6. The van der Waals surface area contributed by atoms with E-state index >= 15 is 0 Å². The van der Waals surface area contributed by atoms with Crippen LogP contribution in [0.4, 0.5) is 0 Å². The van der Waals surface area contributed by atoms with Crippen LogP contribution in [0.1, 0.15) is 12.2 Å². The van der Waals surface area contributed by atoms with Crippen molar-refractivity contribution in [3.8, 4) is 0 Å². The van der Waals surface area contributed by atoms with Gasteiger partial charge in [0.2, 0.25) is 0 Å². The van der Waals surface area contributed by atoms with E-state index in [1.165, 1.54) is 4.80 Å². The summed E-state index contributed by atoms with van der Waals surface area (Å²) in [6.07, 6.45) is 0.622. The molecular weight excluding hydrogens is 210 g/mol. The Kier molecular flexibility index (Phi) is 3.58. The number of Topliss-reactive ketones (excluding diaryl/α,β-unsaturated/α-hetero) is 1. The van der Waals surface area contributed by atoms with Gasteiger partial charge in [-0.15, -0.1) is 10.2 Å². The third-order valence-electron chi connectivity index (χ3n) is 2.36. The molecule has 7 nitrogen and oxygen atoms in total. The molecule has 2 rings (SSSR count). The summed E-state index contributed by atoms with van der Waals surface area (Å²) in [6, 6.07) is 0. The van der Waals surface area contributed by atoms with E-state index in [1.807, 2.05) is 0 Å². The van der Waals surface area contributed by atoms with Gasteiger partial charge in [-0.1, -0.05) is 0 Å². The van der Waals surface area contributed by atoms with Gasteiger partial charge in [-0.05, 0) is 5.21 Å². The topological polar surface area (TPSA) is 81.9 Å². The number of aryl methyl sites for hydroxylation is 1. The first kappa shape index (κ1) is 11.2. The third-order valence-corrected chi connectivity index (χ3v) is 2.36. The number of ketones is 1. The quantitative estimate of drug-likeness (QED) is 0.686. The van der Waals surface area contributed by atoms with Crippen molar-refractivity contribution >= 4 is 5.78 Å². The molecule has 0 aromatic carbocycles. The number of tetrazole rings is 1. The van der Waals surface area contributed by atoms with Gasteiger partial charge in [0.05, 0.1) is 26.2 Å². The first-order valence-electron chi connectivity index (χ1n) is 5.31. The highest BCUT2D eigenvalue weighted by molar-refractivity contribution is 5.80. The minimum atomic E-state index is -0.0158. The lowest BCUT2D eigenvalue weighted by Crippen LogP contribution is -2.39. The lowest BCUT2D eigenvalue weighted by atomic mass is 10.1. The van der Waals surface area contributed by atoms with E-state index in [0.29, 0.717) is 18.9 Å².